The Bertz CT molecular complexity index is 651. The van der Waals surface area contributed by atoms with Gasteiger partial charge in [0, 0.05) is 25.3 Å². The molecule has 0 saturated carbocycles. The third kappa shape index (κ3) is 3.58. The van der Waals surface area contributed by atoms with Crippen molar-refractivity contribution in [3.05, 3.63) is 65.7 Å². The number of anilines is 1. The minimum atomic E-state index is -1.00. The number of carbonyl (C=O) groups excluding carboxylic acids is 2. The summed E-state index contributed by atoms with van der Waals surface area (Å²) in [6, 6.07) is 15.5. The van der Waals surface area contributed by atoms with Gasteiger partial charge >= 0.3 is 0 Å². The van der Waals surface area contributed by atoms with Crippen molar-refractivity contribution >= 4 is 17.4 Å². The van der Waals surface area contributed by atoms with Crippen LogP contribution in [0, 0.1) is 0 Å². The van der Waals surface area contributed by atoms with Gasteiger partial charge in [-0.15, -0.1) is 0 Å². The molecule has 0 fully saturated rings. The first-order chi connectivity index (χ1) is 10.7. The molecule has 0 saturated heterocycles. The summed E-state index contributed by atoms with van der Waals surface area (Å²) in [7, 11) is 2.77. The second-order valence-electron chi connectivity index (χ2n) is 4.53. The van der Waals surface area contributed by atoms with E-state index in [2.05, 4.69) is 5.32 Å². The number of ketones is 1. The van der Waals surface area contributed by atoms with Crippen molar-refractivity contribution in [2.45, 2.75) is 6.29 Å². The molecule has 2 aromatic rings. The number of hydrogen-bond acceptors (Lipinski definition) is 4. The molecule has 0 bridgehead atoms. The van der Waals surface area contributed by atoms with Crippen LogP contribution in [0.3, 0.4) is 0 Å². The fourth-order valence-electron chi connectivity index (χ4n) is 2.03. The molecule has 2 aromatic carbocycles. The third-order valence-corrected chi connectivity index (χ3v) is 3.12. The third-order valence-electron chi connectivity index (χ3n) is 3.12. The summed E-state index contributed by atoms with van der Waals surface area (Å²) >= 11 is 0. The summed E-state index contributed by atoms with van der Waals surface area (Å²) in [5.41, 5.74) is 1.26. The Balaban J connectivity index is 2.25. The van der Waals surface area contributed by atoms with Crippen molar-refractivity contribution in [3.8, 4) is 0 Å². The van der Waals surface area contributed by atoms with E-state index in [1.54, 1.807) is 48.5 Å². The molecular weight excluding hydrogens is 282 g/mol. The second kappa shape index (κ2) is 7.49. The standard InChI is InChI=1S/C17H17NO4/c1-21-17(22-2)15(19)13-10-6-7-11-14(13)18-16(20)12-8-4-3-5-9-12/h3-11,17H,1-2H3,(H,18,20). The number of ether oxygens (including phenoxy) is 2. The summed E-state index contributed by atoms with van der Waals surface area (Å²) in [4.78, 5) is 24.6. The van der Waals surface area contributed by atoms with E-state index in [0.717, 1.165) is 0 Å². The maximum absolute atomic E-state index is 12.3. The molecule has 1 N–H and O–H groups in total. The molecular formula is C17H17NO4. The Morgan fingerprint density at radius 1 is 0.909 bits per heavy atom. The van der Waals surface area contributed by atoms with E-state index in [4.69, 9.17) is 9.47 Å². The Morgan fingerprint density at radius 2 is 1.50 bits per heavy atom. The van der Waals surface area contributed by atoms with Crippen molar-refractivity contribution in [1.82, 2.24) is 0 Å². The fraction of sp³-hybridized carbons (Fsp3) is 0.176. The van der Waals surface area contributed by atoms with Crippen molar-refractivity contribution in [2.75, 3.05) is 19.5 Å². The van der Waals surface area contributed by atoms with Crippen LogP contribution in [-0.2, 0) is 9.47 Å². The van der Waals surface area contributed by atoms with Gasteiger partial charge in [0.05, 0.1) is 5.69 Å². The molecule has 0 atom stereocenters. The van der Waals surface area contributed by atoms with E-state index < -0.39 is 6.29 Å². The lowest BCUT2D eigenvalue weighted by atomic mass is 10.1. The van der Waals surface area contributed by atoms with E-state index in [-0.39, 0.29) is 11.7 Å². The molecule has 0 aliphatic heterocycles. The van der Waals surface area contributed by atoms with Gasteiger partial charge in [0.1, 0.15) is 0 Å². The van der Waals surface area contributed by atoms with Gasteiger partial charge in [-0.2, -0.15) is 0 Å². The monoisotopic (exact) mass is 299 g/mol. The van der Waals surface area contributed by atoms with Gasteiger partial charge in [-0.25, -0.2) is 0 Å². The summed E-state index contributed by atoms with van der Waals surface area (Å²) in [6.07, 6.45) is -1.00. The Morgan fingerprint density at radius 3 is 2.14 bits per heavy atom. The van der Waals surface area contributed by atoms with E-state index >= 15 is 0 Å². The van der Waals surface area contributed by atoms with Gasteiger partial charge < -0.3 is 14.8 Å². The number of para-hydroxylation sites is 1. The summed E-state index contributed by atoms with van der Waals surface area (Å²) in [5, 5.41) is 2.74. The minimum Gasteiger partial charge on any atom is -0.349 e. The first kappa shape index (κ1) is 15.9. The smallest absolute Gasteiger partial charge is 0.255 e. The maximum Gasteiger partial charge on any atom is 0.255 e. The van der Waals surface area contributed by atoms with Gasteiger partial charge in [0.2, 0.25) is 12.1 Å². The van der Waals surface area contributed by atoms with Crippen molar-refractivity contribution in [2.24, 2.45) is 0 Å². The molecule has 5 nitrogen and oxygen atoms in total. The molecule has 0 aliphatic rings. The van der Waals surface area contributed by atoms with Gasteiger partial charge in [-0.1, -0.05) is 30.3 Å². The highest BCUT2D eigenvalue weighted by molar-refractivity contribution is 6.10. The topological polar surface area (TPSA) is 64.6 Å². The molecule has 0 aromatic heterocycles. The molecule has 1 amide bonds. The summed E-state index contributed by atoms with van der Waals surface area (Å²) in [5.74, 6) is -0.638. The van der Waals surface area contributed by atoms with Crippen LogP contribution < -0.4 is 5.32 Å². The van der Waals surface area contributed by atoms with Gasteiger partial charge in [0.15, 0.2) is 0 Å². The molecule has 114 valence electrons. The number of Topliss-reactive ketones (excluding diaryl/α,β-unsaturated/α-hetero) is 1. The Labute approximate surface area is 128 Å². The zero-order chi connectivity index (χ0) is 15.9. The predicted octanol–water partition coefficient (Wildman–Crippen LogP) is 2.74. The second-order valence-corrected chi connectivity index (χ2v) is 4.53. The van der Waals surface area contributed by atoms with Crippen LogP contribution in [0.1, 0.15) is 20.7 Å². The highest BCUT2D eigenvalue weighted by Gasteiger charge is 2.22. The number of methoxy groups -OCH3 is 2. The van der Waals surface area contributed by atoms with E-state index in [9.17, 15) is 9.59 Å². The molecule has 22 heavy (non-hydrogen) atoms. The van der Waals surface area contributed by atoms with Crippen LogP contribution in [0.2, 0.25) is 0 Å². The number of hydrogen-bond donors (Lipinski definition) is 1. The maximum atomic E-state index is 12.3. The minimum absolute atomic E-state index is 0.285. The average molecular weight is 299 g/mol. The fourth-order valence-corrected chi connectivity index (χ4v) is 2.03. The lowest BCUT2D eigenvalue weighted by Crippen LogP contribution is -2.26. The quantitative estimate of drug-likeness (QED) is 0.658. The molecule has 0 aliphatic carbocycles. The highest BCUT2D eigenvalue weighted by Crippen LogP contribution is 2.19. The van der Waals surface area contributed by atoms with Crippen LogP contribution >= 0.6 is 0 Å². The number of nitrogens with one attached hydrogen (secondary N) is 1. The molecule has 0 unspecified atom stereocenters. The zero-order valence-electron chi connectivity index (χ0n) is 12.4. The van der Waals surface area contributed by atoms with Crippen molar-refractivity contribution < 1.29 is 19.1 Å². The molecule has 0 heterocycles. The number of carbonyl (C=O) groups is 2. The number of amides is 1. The first-order valence-electron chi connectivity index (χ1n) is 6.72. The largest absolute Gasteiger partial charge is 0.349 e. The number of rotatable bonds is 6. The predicted molar refractivity (Wildman–Crippen MR) is 83.0 cm³/mol. The SMILES string of the molecule is COC(OC)C(=O)c1ccccc1NC(=O)c1ccccc1. The van der Waals surface area contributed by atoms with Crippen molar-refractivity contribution in [3.63, 3.8) is 0 Å². The molecule has 2 rings (SSSR count). The lowest BCUT2D eigenvalue weighted by Gasteiger charge is -2.15. The van der Waals surface area contributed by atoms with Gasteiger partial charge in [-0.3, -0.25) is 9.59 Å². The molecule has 0 spiro atoms. The summed E-state index contributed by atoms with van der Waals surface area (Å²) < 4.78 is 9.95. The zero-order valence-corrected chi connectivity index (χ0v) is 12.4. The van der Waals surface area contributed by atoms with Crippen LogP contribution in [-0.4, -0.2) is 32.2 Å². The first-order valence-corrected chi connectivity index (χ1v) is 6.72. The van der Waals surface area contributed by atoms with Crippen LogP contribution in [0.5, 0.6) is 0 Å². The summed E-state index contributed by atoms with van der Waals surface area (Å²) in [6.45, 7) is 0. The number of benzene rings is 2. The van der Waals surface area contributed by atoms with Gasteiger partial charge in [0.25, 0.3) is 5.91 Å². The normalized spacial score (nSPS) is 10.5. The average Bonchev–Trinajstić information content (AvgIpc) is 2.57. The van der Waals surface area contributed by atoms with E-state index in [1.165, 1.54) is 14.2 Å². The molecule has 0 radical (unpaired) electrons. The van der Waals surface area contributed by atoms with Crippen LogP contribution in [0.25, 0.3) is 0 Å². The van der Waals surface area contributed by atoms with E-state index in [0.29, 0.717) is 16.8 Å². The Kier molecular flexibility index (Phi) is 5.41. The van der Waals surface area contributed by atoms with E-state index in [1.807, 2.05) is 6.07 Å². The van der Waals surface area contributed by atoms with Crippen LogP contribution in [0.15, 0.2) is 54.6 Å². The molecule has 5 heteroatoms. The van der Waals surface area contributed by atoms with Crippen molar-refractivity contribution in [1.29, 1.82) is 0 Å². The lowest BCUT2D eigenvalue weighted by molar-refractivity contribution is -0.0741. The Hall–Kier alpha value is -2.50. The highest BCUT2D eigenvalue weighted by atomic mass is 16.7. The van der Waals surface area contributed by atoms with Crippen LogP contribution in [0.4, 0.5) is 5.69 Å². The van der Waals surface area contributed by atoms with Gasteiger partial charge in [-0.05, 0) is 24.3 Å².